The number of rotatable bonds is 2. The molecule has 0 aliphatic carbocycles. The third-order valence-corrected chi connectivity index (χ3v) is 2.86. The van der Waals surface area contributed by atoms with Crippen LogP contribution < -0.4 is 5.56 Å². The van der Waals surface area contributed by atoms with Crippen molar-refractivity contribution in [2.45, 2.75) is 11.3 Å². The topological polar surface area (TPSA) is 87.2 Å². The van der Waals surface area contributed by atoms with Crippen molar-refractivity contribution in [3.63, 3.8) is 0 Å². The molecule has 9 heteroatoms. The zero-order valence-electron chi connectivity index (χ0n) is 6.87. The first-order valence-electron chi connectivity index (χ1n) is 3.42. The molecule has 1 aromatic heterocycles. The van der Waals surface area contributed by atoms with Crippen LogP contribution in [-0.2, 0) is 9.05 Å². The number of nitrogens with one attached hydrogen (secondary N) is 1. The fraction of sp³-hybridized carbons (Fsp3) is 0.167. The van der Waals surface area contributed by atoms with Crippen LogP contribution in [0.4, 0.5) is 8.78 Å². The Balaban J connectivity index is 3.70. The van der Waals surface area contributed by atoms with Crippen LogP contribution in [-0.4, -0.2) is 18.5 Å². The predicted octanol–water partition coefficient (Wildman–Crippen LogP) is 0.946. The highest BCUT2D eigenvalue weighted by molar-refractivity contribution is 8.13. The van der Waals surface area contributed by atoms with Crippen LogP contribution in [0.15, 0.2) is 15.8 Å². The maximum Gasteiger partial charge on any atom is 0.267 e. The number of alkyl halides is 2. The van der Waals surface area contributed by atoms with Gasteiger partial charge in [-0.3, -0.25) is 9.78 Å². The molecule has 0 aliphatic heterocycles. The van der Waals surface area contributed by atoms with E-state index in [4.69, 9.17) is 15.8 Å². The van der Waals surface area contributed by atoms with Crippen LogP contribution >= 0.6 is 10.7 Å². The minimum atomic E-state index is -4.55. The van der Waals surface area contributed by atoms with Gasteiger partial charge in [0.15, 0.2) is 4.90 Å². The molecule has 0 bridgehead atoms. The van der Waals surface area contributed by atoms with Crippen molar-refractivity contribution in [1.82, 2.24) is 4.98 Å². The summed E-state index contributed by atoms with van der Waals surface area (Å²) in [6.07, 6.45) is -3.23. The van der Waals surface area contributed by atoms with Gasteiger partial charge in [0.1, 0.15) is 0 Å². The van der Waals surface area contributed by atoms with Crippen LogP contribution in [0.3, 0.4) is 0 Å². The Labute approximate surface area is 86.7 Å². The van der Waals surface area contributed by atoms with Gasteiger partial charge in [-0.2, -0.15) is 0 Å². The molecule has 0 aromatic carbocycles. The summed E-state index contributed by atoms with van der Waals surface area (Å²) in [5.41, 5.74) is -2.18. The molecular formula is C6H4ClF2NO4S. The molecule has 0 spiro atoms. The summed E-state index contributed by atoms with van der Waals surface area (Å²) in [6.45, 7) is 0. The van der Waals surface area contributed by atoms with E-state index in [1.807, 2.05) is 0 Å². The number of hydrogen-bond acceptors (Lipinski definition) is 4. The number of aromatic hydroxyl groups is 1. The second-order valence-electron chi connectivity index (χ2n) is 2.51. The summed E-state index contributed by atoms with van der Waals surface area (Å²) < 4.78 is 46.3. The van der Waals surface area contributed by atoms with Crippen molar-refractivity contribution in [2.75, 3.05) is 0 Å². The largest absolute Gasteiger partial charge is 0.494 e. The molecular weight excluding hydrogens is 256 g/mol. The van der Waals surface area contributed by atoms with Crippen molar-refractivity contribution in [3.05, 3.63) is 22.0 Å². The summed E-state index contributed by atoms with van der Waals surface area (Å²) in [4.78, 5) is 11.2. The third kappa shape index (κ3) is 2.45. The Bertz CT molecular complexity index is 539. The van der Waals surface area contributed by atoms with Crippen molar-refractivity contribution in [1.29, 1.82) is 0 Å². The van der Waals surface area contributed by atoms with E-state index in [2.05, 4.69) is 0 Å². The van der Waals surface area contributed by atoms with Gasteiger partial charge in [0.2, 0.25) is 5.88 Å². The highest BCUT2D eigenvalue weighted by atomic mass is 35.7. The fourth-order valence-electron chi connectivity index (χ4n) is 0.971. The van der Waals surface area contributed by atoms with E-state index < -0.39 is 37.4 Å². The van der Waals surface area contributed by atoms with Gasteiger partial charge < -0.3 is 5.11 Å². The van der Waals surface area contributed by atoms with Gasteiger partial charge in [-0.05, 0) is 0 Å². The first-order valence-corrected chi connectivity index (χ1v) is 5.73. The Morgan fingerprint density at radius 3 is 2.40 bits per heavy atom. The normalized spacial score (nSPS) is 12.0. The minimum Gasteiger partial charge on any atom is -0.494 e. The number of aromatic amines is 1. The second kappa shape index (κ2) is 3.78. The zero-order chi connectivity index (χ0) is 11.8. The Morgan fingerprint density at radius 2 is 2.00 bits per heavy atom. The van der Waals surface area contributed by atoms with E-state index in [0.29, 0.717) is 6.07 Å². The SMILES string of the molecule is O=c1cc(C(F)F)c(S(=O)(=O)Cl)c(O)[nH]1. The average molecular weight is 260 g/mol. The lowest BCUT2D eigenvalue weighted by atomic mass is 10.3. The summed E-state index contributed by atoms with van der Waals surface area (Å²) >= 11 is 0. The first-order chi connectivity index (χ1) is 6.73. The molecule has 0 radical (unpaired) electrons. The first kappa shape index (κ1) is 11.9. The minimum absolute atomic E-state index is 0.361. The van der Waals surface area contributed by atoms with Crippen LogP contribution in [0.2, 0.25) is 0 Å². The molecule has 0 saturated heterocycles. The average Bonchev–Trinajstić information content (AvgIpc) is 1.99. The number of pyridine rings is 1. The fourth-order valence-corrected chi connectivity index (χ4v) is 2.17. The maximum absolute atomic E-state index is 12.3. The third-order valence-electron chi connectivity index (χ3n) is 1.48. The van der Waals surface area contributed by atoms with Crippen molar-refractivity contribution >= 4 is 19.7 Å². The molecule has 1 rings (SSSR count). The predicted molar refractivity (Wildman–Crippen MR) is 46.7 cm³/mol. The van der Waals surface area contributed by atoms with E-state index in [0.717, 1.165) is 0 Å². The standard InChI is InChI=1S/C6H4ClF2NO4S/c7-15(13,14)4-2(5(8)9)1-3(11)10-6(4)12/h1,5H,(H2,10,11,12). The number of hydrogen-bond donors (Lipinski definition) is 2. The molecule has 1 aromatic rings. The van der Waals surface area contributed by atoms with E-state index >= 15 is 0 Å². The summed E-state index contributed by atoms with van der Waals surface area (Å²) in [5, 5.41) is 9.00. The molecule has 0 saturated carbocycles. The van der Waals surface area contributed by atoms with Gasteiger partial charge in [-0.1, -0.05) is 0 Å². The molecule has 0 amide bonds. The van der Waals surface area contributed by atoms with Crippen LogP contribution in [0.1, 0.15) is 12.0 Å². The quantitative estimate of drug-likeness (QED) is 0.774. The Morgan fingerprint density at radius 1 is 1.47 bits per heavy atom. The lowest BCUT2D eigenvalue weighted by Gasteiger charge is -2.06. The van der Waals surface area contributed by atoms with E-state index in [9.17, 15) is 22.0 Å². The smallest absolute Gasteiger partial charge is 0.267 e. The molecule has 2 N–H and O–H groups in total. The van der Waals surface area contributed by atoms with Gasteiger partial charge in [-0.15, -0.1) is 0 Å². The molecule has 0 aliphatic rings. The molecule has 1 heterocycles. The second-order valence-corrected chi connectivity index (χ2v) is 5.01. The molecule has 15 heavy (non-hydrogen) atoms. The van der Waals surface area contributed by atoms with Gasteiger partial charge in [0.25, 0.3) is 21.0 Å². The van der Waals surface area contributed by atoms with Gasteiger partial charge in [0, 0.05) is 22.3 Å². The van der Waals surface area contributed by atoms with Crippen molar-refractivity contribution in [2.24, 2.45) is 0 Å². The number of aromatic nitrogens is 1. The molecule has 5 nitrogen and oxygen atoms in total. The lowest BCUT2D eigenvalue weighted by molar-refractivity contribution is 0.146. The summed E-state index contributed by atoms with van der Waals surface area (Å²) in [5.74, 6) is -1.20. The molecule has 0 unspecified atom stereocenters. The Kier molecular flexibility index (Phi) is 3.00. The van der Waals surface area contributed by atoms with Crippen molar-refractivity contribution in [3.8, 4) is 5.88 Å². The lowest BCUT2D eigenvalue weighted by Crippen LogP contribution is -2.11. The van der Waals surface area contributed by atoms with Crippen LogP contribution in [0.25, 0.3) is 0 Å². The van der Waals surface area contributed by atoms with Crippen molar-refractivity contribution < 1.29 is 22.3 Å². The monoisotopic (exact) mass is 259 g/mol. The number of halogens is 3. The maximum atomic E-state index is 12.3. The highest BCUT2D eigenvalue weighted by Gasteiger charge is 2.26. The summed E-state index contributed by atoms with van der Waals surface area (Å²) in [6, 6.07) is 0.361. The van der Waals surface area contributed by atoms with Gasteiger partial charge >= 0.3 is 0 Å². The summed E-state index contributed by atoms with van der Waals surface area (Å²) in [7, 11) is 0.268. The molecule has 0 atom stereocenters. The van der Waals surface area contributed by atoms with Gasteiger partial charge in [0.05, 0.1) is 0 Å². The van der Waals surface area contributed by atoms with E-state index in [1.165, 1.54) is 0 Å². The molecule has 84 valence electrons. The Hall–Kier alpha value is -1.15. The molecule has 0 fully saturated rings. The van der Waals surface area contributed by atoms with Crippen LogP contribution in [0, 0.1) is 0 Å². The number of H-pyrrole nitrogens is 1. The van der Waals surface area contributed by atoms with Crippen LogP contribution in [0.5, 0.6) is 5.88 Å². The highest BCUT2D eigenvalue weighted by Crippen LogP contribution is 2.32. The van der Waals surface area contributed by atoms with E-state index in [-0.39, 0.29) is 0 Å². The zero-order valence-corrected chi connectivity index (χ0v) is 8.44. The van der Waals surface area contributed by atoms with E-state index in [1.54, 1.807) is 4.98 Å². The van der Waals surface area contributed by atoms with Gasteiger partial charge in [-0.25, -0.2) is 17.2 Å².